The van der Waals surface area contributed by atoms with E-state index in [0.717, 1.165) is 79.6 Å². The Balaban J connectivity index is 1.11. The molecule has 0 aromatic heterocycles. The van der Waals surface area contributed by atoms with E-state index in [4.69, 9.17) is 0 Å². The van der Waals surface area contributed by atoms with Gasteiger partial charge in [0.05, 0.1) is 5.41 Å². The maximum atomic E-state index is 15.1. The second-order valence-electron chi connectivity index (χ2n) is 17.0. The summed E-state index contributed by atoms with van der Waals surface area (Å²) < 4.78 is 0. The fraction of sp³-hybridized carbons (Fsp3) is 0.0484. The Bertz CT molecular complexity index is 3020. The summed E-state index contributed by atoms with van der Waals surface area (Å²) in [5, 5.41) is 0. The van der Waals surface area contributed by atoms with Crippen molar-refractivity contribution < 1.29 is 4.79 Å². The average molecular weight is 803 g/mol. The van der Waals surface area contributed by atoms with Crippen LogP contribution in [0.3, 0.4) is 0 Å². The van der Waals surface area contributed by atoms with Crippen LogP contribution < -0.4 is 0 Å². The van der Waals surface area contributed by atoms with Crippen molar-refractivity contribution >= 4 is 11.4 Å². The van der Waals surface area contributed by atoms with Crippen molar-refractivity contribution in [2.24, 2.45) is 0 Å². The van der Waals surface area contributed by atoms with Gasteiger partial charge in [0.25, 0.3) is 0 Å². The molecule has 0 saturated carbocycles. The van der Waals surface area contributed by atoms with Gasteiger partial charge >= 0.3 is 0 Å². The number of hydrogen-bond donors (Lipinski definition) is 0. The van der Waals surface area contributed by atoms with Gasteiger partial charge in [-0.2, -0.15) is 0 Å². The summed E-state index contributed by atoms with van der Waals surface area (Å²) >= 11 is 0. The highest BCUT2D eigenvalue weighted by Crippen LogP contribution is 2.61. The fourth-order valence-corrected chi connectivity index (χ4v) is 10.7. The summed E-state index contributed by atoms with van der Waals surface area (Å²) in [5.74, 6) is 0.0765. The van der Waals surface area contributed by atoms with Gasteiger partial charge in [-0.25, -0.2) is 0 Å². The third kappa shape index (κ3) is 6.03. The van der Waals surface area contributed by atoms with Crippen molar-refractivity contribution in [3.05, 3.63) is 269 Å². The highest BCUT2D eigenvalue weighted by Gasteiger charge is 2.52. The monoisotopic (exact) mass is 802 g/mol. The van der Waals surface area contributed by atoms with Crippen LogP contribution in [0.15, 0.2) is 236 Å². The maximum Gasteiger partial charge on any atom is 0.193 e. The molecule has 0 fully saturated rings. The standard InChI is InChI=1S/C62H42O/c63-61-55-31-29-45(51-35-47(41-17-5-1-6-18-41)33-48(36-51)42-19-7-2-8-20-42)39-59(55)62(57-27-15-13-25-53(57)54-26-14-16-28-58(54)62)60-40-46(30-32-56(60)61)52-37-49(43-21-9-3-10-22-43)34-50(38-52)44-23-11-4-12-24-44/h1-15,17-27,29-40H,16,28H2. The second-order valence-corrected chi connectivity index (χ2v) is 17.0. The van der Waals surface area contributed by atoms with Gasteiger partial charge in [-0.05, 0) is 162 Å². The topological polar surface area (TPSA) is 17.1 Å². The van der Waals surface area contributed by atoms with Gasteiger partial charge < -0.3 is 0 Å². The van der Waals surface area contributed by atoms with Gasteiger partial charge in [0.2, 0.25) is 0 Å². The molecule has 3 aliphatic carbocycles. The second kappa shape index (κ2) is 14.9. The first-order chi connectivity index (χ1) is 31.1. The van der Waals surface area contributed by atoms with Crippen LogP contribution in [0, 0.1) is 0 Å². The average Bonchev–Trinajstić information content (AvgIpc) is 3.67. The first-order valence-corrected chi connectivity index (χ1v) is 22.0. The van der Waals surface area contributed by atoms with E-state index in [1.54, 1.807) is 0 Å². The smallest absolute Gasteiger partial charge is 0.193 e. The summed E-state index contributed by atoms with van der Waals surface area (Å²) in [6, 6.07) is 78.6. The molecule has 63 heavy (non-hydrogen) atoms. The molecule has 0 unspecified atom stereocenters. The molecule has 0 bridgehead atoms. The van der Waals surface area contributed by atoms with Gasteiger partial charge in [0, 0.05) is 11.1 Å². The third-order valence-electron chi connectivity index (χ3n) is 13.5. The van der Waals surface area contributed by atoms with E-state index in [0.29, 0.717) is 0 Å². The molecule has 1 spiro atoms. The molecular weight excluding hydrogens is 761 g/mol. The summed E-state index contributed by atoms with van der Waals surface area (Å²) in [7, 11) is 0. The molecule has 0 N–H and O–H groups in total. The molecule has 0 radical (unpaired) electrons. The van der Waals surface area contributed by atoms with E-state index in [-0.39, 0.29) is 5.78 Å². The summed E-state index contributed by atoms with van der Waals surface area (Å²) in [6.45, 7) is 0. The van der Waals surface area contributed by atoms with Crippen molar-refractivity contribution in [1.82, 2.24) is 0 Å². The van der Waals surface area contributed by atoms with E-state index in [9.17, 15) is 0 Å². The molecule has 296 valence electrons. The Hall–Kier alpha value is -7.87. The molecule has 0 atom stereocenters. The Labute approximate surface area is 369 Å². The van der Waals surface area contributed by atoms with E-state index in [2.05, 4.69) is 231 Å². The van der Waals surface area contributed by atoms with Crippen LogP contribution in [0.5, 0.6) is 0 Å². The minimum atomic E-state index is -0.667. The molecule has 12 rings (SSSR count). The number of allylic oxidation sites excluding steroid dienone is 4. The van der Waals surface area contributed by atoms with Gasteiger partial charge in [-0.1, -0.05) is 182 Å². The number of hydrogen-bond acceptors (Lipinski definition) is 1. The van der Waals surface area contributed by atoms with Crippen LogP contribution in [-0.2, 0) is 5.41 Å². The number of ketones is 1. The SMILES string of the molecule is O=C1c2ccc(-c3cc(-c4ccccc4)cc(-c4ccccc4)c3)cc2C2(C3=C(C=CCC3)c3ccccc32)c2cc(-c3cc(-c4ccccc4)cc(-c4ccccc4)c3)ccc21. The predicted octanol–water partition coefficient (Wildman–Crippen LogP) is 15.7. The summed E-state index contributed by atoms with van der Waals surface area (Å²) in [4.78, 5) is 15.1. The van der Waals surface area contributed by atoms with Crippen LogP contribution in [0.4, 0.5) is 0 Å². The van der Waals surface area contributed by atoms with E-state index < -0.39 is 5.41 Å². The molecule has 0 saturated heterocycles. The number of carbonyl (C=O) groups is 1. The highest BCUT2D eigenvalue weighted by atomic mass is 16.1. The Morgan fingerprint density at radius 1 is 0.317 bits per heavy atom. The first-order valence-electron chi connectivity index (χ1n) is 22.0. The molecule has 9 aromatic rings. The summed E-state index contributed by atoms with van der Waals surface area (Å²) in [5.41, 5.74) is 21.9. The number of carbonyl (C=O) groups excluding carboxylic acids is 1. The van der Waals surface area contributed by atoms with Crippen LogP contribution >= 0.6 is 0 Å². The van der Waals surface area contributed by atoms with Gasteiger partial charge in [0.1, 0.15) is 0 Å². The van der Waals surface area contributed by atoms with Crippen molar-refractivity contribution in [2.45, 2.75) is 18.3 Å². The quantitative estimate of drug-likeness (QED) is 0.164. The Kier molecular flexibility index (Phi) is 8.76. The van der Waals surface area contributed by atoms with Crippen LogP contribution in [0.1, 0.15) is 51.0 Å². The van der Waals surface area contributed by atoms with Crippen molar-refractivity contribution in [3.63, 3.8) is 0 Å². The molecular formula is C62H42O. The third-order valence-corrected chi connectivity index (χ3v) is 13.5. The van der Waals surface area contributed by atoms with Gasteiger partial charge in [-0.15, -0.1) is 0 Å². The minimum Gasteiger partial charge on any atom is -0.289 e. The lowest BCUT2D eigenvalue weighted by Crippen LogP contribution is -2.37. The Morgan fingerprint density at radius 3 is 1.13 bits per heavy atom. The molecule has 3 aliphatic rings. The molecule has 1 heteroatoms. The van der Waals surface area contributed by atoms with Crippen LogP contribution in [0.25, 0.3) is 72.3 Å². The largest absolute Gasteiger partial charge is 0.289 e. The fourth-order valence-electron chi connectivity index (χ4n) is 10.7. The number of rotatable bonds is 6. The summed E-state index contributed by atoms with van der Waals surface area (Å²) in [6.07, 6.45) is 6.51. The normalized spacial score (nSPS) is 14.3. The van der Waals surface area contributed by atoms with Crippen molar-refractivity contribution in [1.29, 1.82) is 0 Å². The zero-order chi connectivity index (χ0) is 41.9. The lowest BCUT2D eigenvalue weighted by Gasteiger charge is -2.42. The van der Waals surface area contributed by atoms with Crippen LogP contribution in [0.2, 0.25) is 0 Å². The number of fused-ring (bicyclic) bond motifs is 8. The minimum absolute atomic E-state index is 0.0765. The molecule has 0 amide bonds. The number of benzene rings is 9. The van der Waals surface area contributed by atoms with E-state index in [1.165, 1.54) is 44.5 Å². The molecule has 0 heterocycles. The molecule has 1 nitrogen and oxygen atoms in total. The molecule has 0 aliphatic heterocycles. The predicted molar refractivity (Wildman–Crippen MR) is 261 cm³/mol. The highest BCUT2D eigenvalue weighted by molar-refractivity contribution is 6.15. The van der Waals surface area contributed by atoms with Crippen molar-refractivity contribution in [3.8, 4) is 66.8 Å². The lowest BCUT2D eigenvalue weighted by atomic mass is 9.59. The van der Waals surface area contributed by atoms with Crippen LogP contribution in [-0.4, -0.2) is 5.78 Å². The van der Waals surface area contributed by atoms with Gasteiger partial charge in [0.15, 0.2) is 5.78 Å². The van der Waals surface area contributed by atoms with E-state index in [1.807, 2.05) is 0 Å². The first kappa shape index (κ1) is 36.9. The zero-order valence-corrected chi connectivity index (χ0v) is 34.8. The lowest BCUT2D eigenvalue weighted by molar-refractivity contribution is 0.103. The van der Waals surface area contributed by atoms with Crippen molar-refractivity contribution in [2.75, 3.05) is 0 Å². The van der Waals surface area contributed by atoms with Gasteiger partial charge in [-0.3, -0.25) is 4.79 Å². The maximum absolute atomic E-state index is 15.1. The van der Waals surface area contributed by atoms with E-state index >= 15 is 4.79 Å². The zero-order valence-electron chi connectivity index (χ0n) is 34.8. The molecule has 9 aromatic carbocycles. The Morgan fingerprint density at radius 2 is 0.698 bits per heavy atom.